The highest BCUT2D eigenvalue weighted by atomic mass is 19.1. The second-order valence-electron chi connectivity index (χ2n) is 6.29. The molecule has 1 saturated heterocycles. The van der Waals surface area contributed by atoms with Gasteiger partial charge in [0.1, 0.15) is 11.6 Å². The summed E-state index contributed by atoms with van der Waals surface area (Å²) < 4.78 is 19.7. The predicted molar refractivity (Wildman–Crippen MR) is 96.5 cm³/mol. The van der Waals surface area contributed by atoms with Gasteiger partial charge in [-0.3, -0.25) is 4.79 Å². The van der Waals surface area contributed by atoms with Crippen LogP contribution in [0.25, 0.3) is 0 Å². The van der Waals surface area contributed by atoms with Gasteiger partial charge in [-0.05, 0) is 37.6 Å². The van der Waals surface area contributed by atoms with Gasteiger partial charge in [0.15, 0.2) is 6.10 Å². The fourth-order valence-electron chi connectivity index (χ4n) is 3.06. The van der Waals surface area contributed by atoms with Gasteiger partial charge in [-0.25, -0.2) is 4.39 Å². The van der Waals surface area contributed by atoms with E-state index < -0.39 is 6.10 Å². The lowest BCUT2D eigenvalue weighted by atomic mass is 10.2. The van der Waals surface area contributed by atoms with Crippen LogP contribution in [-0.2, 0) is 4.79 Å². The van der Waals surface area contributed by atoms with Crippen LogP contribution in [-0.4, -0.2) is 43.1 Å². The number of anilines is 1. The monoisotopic (exact) mass is 342 g/mol. The molecule has 3 rings (SSSR count). The molecule has 5 heteroatoms. The Bertz CT molecular complexity index is 742. The first kappa shape index (κ1) is 17.3. The first-order valence-corrected chi connectivity index (χ1v) is 8.57. The van der Waals surface area contributed by atoms with E-state index in [0.29, 0.717) is 31.9 Å². The Hall–Kier alpha value is -2.56. The summed E-state index contributed by atoms with van der Waals surface area (Å²) in [4.78, 5) is 16.4. The zero-order valence-electron chi connectivity index (χ0n) is 14.6. The van der Waals surface area contributed by atoms with Crippen molar-refractivity contribution < 1.29 is 13.9 Å². The van der Waals surface area contributed by atoms with Crippen molar-refractivity contribution in [3.8, 4) is 5.75 Å². The summed E-state index contributed by atoms with van der Waals surface area (Å²) in [5, 5.41) is 0. The highest BCUT2D eigenvalue weighted by Gasteiger charge is 2.27. The number of ether oxygens (including phenoxy) is 1. The van der Waals surface area contributed by atoms with Gasteiger partial charge in [0.25, 0.3) is 5.91 Å². The van der Waals surface area contributed by atoms with E-state index in [2.05, 4.69) is 0 Å². The second kappa shape index (κ2) is 7.55. The zero-order valence-corrected chi connectivity index (χ0v) is 14.6. The van der Waals surface area contributed by atoms with Crippen LogP contribution in [0.3, 0.4) is 0 Å². The lowest BCUT2D eigenvalue weighted by molar-refractivity contribution is -0.138. The highest BCUT2D eigenvalue weighted by Crippen LogP contribution is 2.21. The average Bonchev–Trinajstić information content (AvgIpc) is 2.63. The van der Waals surface area contributed by atoms with Crippen molar-refractivity contribution in [1.82, 2.24) is 4.90 Å². The third-order valence-corrected chi connectivity index (χ3v) is 4.53. The topological polar surface area (TPSA) is 32.8 Å². The van der Waals surface area contributed by atoms with Crippen molar-refractivity contribution in [1.29, 1.82) is 0 Å². The zero-order chi connectivity index (χ0) is 17.8. The molecule has 25 heavy (non-hydrogen) atoms. The molecule has 132 valence electrons. The number of para-hydroxylation sites is 2. The molecule has 4 nitrogen and oxygen atoms in total. The van der Waals surface area contributed by atoms with Crippen molar-refractivity contribution >= 4 is 11.6 Å². The smallest absolute Gasteiger partial charge is 0.263 e. The minimum absolute atomic E-state index is 0.0311. The van der Waals surface area contributed by atoms with Crippen LogP contribution < -0.4 is 9.64 Å². The van der Waals surface area contributed by atoms with Gasteiger partial charge in [0, 0.05) is 26.2 Å². The molecule has 0 N–H and O–H groups in total. The van der Waals surface area contributed by atoms with Crippen LogP contribution in [0, 0.1) is 12.7 Å². The fourth-order valence-corrected chi connectivity index (χ4v) is 3.06. The van der Waals surface area contributed by atoms with E-state index in [-0.39, 0.29) is 11.7 Å². The van der Waals surface area contributed by atoms with Gasteiger partial charge in [0.2, 0.25) is 0 Å². The van der Waals surface area contributed by atoms with Crippen LogP contribution in [0.1, 0.15) is 12.5 Å². The minimum atomic E-state index is -0.541. The summed E-state index contributed by atoms with van der Waals surface area (Å²) in [6, 6.07) is 14.4. The number of hydrogen-bond acceptors (Lipinski definition) is 3. The standard InChI is InChI=1S/C20H23FN2O2/c1-15-7-3-6-10-19(15)25-16(2)20(24)23-13-11-22(12-14-23)18-9-5-4-8-17(18)21/h3-10,16H,11-14H2,1-2H3/t16-/m0/s1. The van der Waals surface area contributed by atoms with Crippen molar-refractivity contribution in [2.45, 2.75) is 20.0 Å². The van der Waals surface area contributed by atoms with E-state index in [4.69, 9.17) is 4.74 Å². The summed E-state index contributed by atoms with van der Waals surface area (Å²) in [5.74, 6) is 0.475. The third kappa shape index (κ3) is 3.92. The summed E-state index contributed by atoms with van der Waals surface area (Å²) >= 11 is 0. The summed E-state index contributed by atoms with van der Waals surface area (Å²) in [6.45, 7) is 6.09. The molecule has 0 bridgehead atoms. The molecule has 0 aromatic heterocycles. The SMILES string of the molecule is Cc1ccccc1O[C@@H](C)C(=O)N1CCN(c2ccccc2F)CC1. The van der Waals surface area contributed by atoms with Crippen molar-refractivity contribution in [2.75, 3.05) is 31.1 Å². The summed E-state index contributed by atoms with van der Waals surface area (Å²) in [5.41, 5.74) is 1.60. The summed E-state index contributed by atoms with van der Waals surface area (Å²) in [6.07, 6.45) is -0.541. The van der Waals surface area contributed by atoms with E-state index in [1.807, 2.05) is 42.2 Å². The van der Waals surface area contributed by atoms with Gasteiger partial charge >= 0.3 is 0 Å². The fraction of sp³-hybridized carbons (Fsp3) is 0.350. The molecule has 0 saturated carbocycles. The van der Waals surface area contributed by atoms with E-state index in [1.165, 1.54) is 6.07 Å². The number of aryl methyl sites for hydroxylation is 1. The normalized spacial score (nSPS) is 15.8. The van der Waals surface area contributed by atoms with Gasteiger partial charge < -0.3 is 14.5 Å². The molecule has 0 aliphatic carbocycles. The predicted octanol–water partition coefficient (Wildman–Crippen LogP) is 3.25. The molecule has 0 unspecified atom stereocenters. The number of carbonyl (C=O) groups is 1. The Kier molecular flexibility index (Phi) is 5.22. The first-order valence-electron chi connectivity index (χ1n) is 8.57. The number of halogens is 1. The largest absolute Gasteiger partial charge is 0.481 e. The van der Waals surface area contributed by atoms with Gasteiger partial charge in [-0.15, -0.1) is 0 Å². The van der Waals surface area contributed by atoms with E-state index in [9.17, 15) is 9.18 Å². The quantitative estimate of drug-likeness (QED) is 0.855. The number of hydrogen-bond donors (Lipinski definition) is 0. The maximum Gasteiger partial charge on any atom is 0.263 e. The van der Waals surface area contributed by atoms with Gasteiger partial charge in [-0.2, -0.15) is 0 Å². The Balaban J connectivity index is 1.58. The molecule has 1 atom stereocenters. The molecule has 1 fully saturated rings. The van der Waals surface area contributed by atoms with Crippen LogP contribution in [0.4, 0.5) is 10.1 Å². The highest BCUT2D eigenvalue weighted by molar-refractivity contribution is 5.81. The van der Waals surface area contributed by atoms with Crippen molar-refractivity contribution in [2.24, 2.45) is 0 Å². The van der Waals surface area contributed by atoms with Crippen LogP contribution >= 0.6 is 0 Å². The number of nitrogens with zero attached hydrogens (tertiary/aromatic N) is 2. The first-order chi connectivity index (χ1) is 12.1. The molecule has 2 aromatic rings. The maximum atomic E-state index is 13.9. The number of carbonyl (C=O) groups excluding carboxylic acids is 1. The maximum absolute atomic E-state index is 13.9. The molecule has 2 aromatic carbocycles. The van der Waals surface area contributed by atoms with Crippen molar-refractivity contribution in [3.63, 3.8) is 0 Å². The summed E-state index contributed by atoms with van der Waals surface area (Å²) in [7, 11) is 0. The molecule has 1 aliphatic heterocycles. The van der Waals surface area contributed by atoms with E-state index in [1.54, 1.807) is 24.0 Å². The molecule has 1 amide bonds. The third-order valence-electron chi connectivity index (χ3n) is 4.53. The molecular weight excluding hydrogens is 319 g/mol. The number of amides is 1. The van der Waals surface area contributed by atoms with E-state index >= 15 is 0 Å². The molecule has 0 radical (unpaired) electrons. The number of rotatable bonds is 4. The van der Waals surface area contributed by atoms with Crippen molar-refractivity contribution in [3.05, 3.63) is 59.9 Å². The minimum Gasteiger partial charge on any atom is -0.481 e. The van der Waals surface area contributed by atoms with Gasteiger partial charge in [-0.1, -0.05) is 30.3 Å². The Morgan fingerprint density at radius 2 is 1.68 bits per heavy atom. The number of piperazine rings is 1. The Labute approximate surface area is 147 Å². The second-order valence-corrected chi connectivity index (χ2v) is 6.29. The van der Waals surface area contributed by atoms with E-state index in [0.717, 1.165) is 11.3 Å². The lowest BCUT2D eigenvalue weighted by Gasteiger charge is -2.37. The molecule has 1 heterocycles. The average molecular weight is 342 g/mol. The van der Waals surface area contributed by atoms with Gasteiger partial charge in [0.05, 0.1) is 5.69 Å². The van der Waals surface area contributed by atoms with Crippen LogP contribution in [0.2, 0.25) is 0 Å². The molecule has 0 spiro atoms. The Morgan fingerprint density at radius 1 is 1.04 bits per heavy atom. The molecular formula is C20H23FN2O2. The molecule has 1 aliphatic rings. The van der Waals surface area contributed by atoms with Crippen LogP contribution in [0.15, 0.2) is 48.5 Å². The van der Waals surface area contributed by atoms with Crippen LogP contribution in [0.5, 0.6) is 5.75 Å². The Morgan fingerprint density at radius 3 is 2.36 bits per heavy atom. The number of benzene rings is 2. The lowest BCUT2D eigenvalue weighted by Crippen LogP contribution is -2.52.